The Bertz CT molecular complexity index is 720. The summed E-state index contributed by atoms with van der Waals surface area (Å²) in [5.74, 6) is 0.616. The highest BCUT2D eigenvalue weighted by Gasteiger charge is 2.50. The van der Waals surface area contributed by atoms with E-state index in [1.807, 2.05) is 0 Å². The normalized spacial score (nSPS) is 26.0. The second-order valence-corrected chi connectivity index (χ2v) is 7.55. The number of ether oxygens (including phenoxy) is 1. The molecule has 1 aromatic carbocycles. The van der Waals surface area contributed by atoms with Crippen LogP contribution in [0, 0.1) is 27.9 Å². The molecule has 7 heteroatoms. The Morgan fingerprint density at radius 2 is 1.89 bits per heavy atom. The third-order valence-corrected chi connectivity index (χ3v) is 5.99. The quantitative estimate of drug-likeness (QED) is 0.306. The number of benzene rings is 1. The molecule has 0 unspecified atom stereocenters. The highest BCUT2D eigenvalue weighted by Crippen LogP contribution is 2.50. The molecule has 1 N–H and O–H groups in total. The Kier molecular flexibility index (Phi) is 6.08. The first-order valence-electron chi connectivity index (χ1n) is 9.60. The lowest BCUT2D eigenvalue weighted by molar-refractivity contribution is -0.384. The Morgan fingerprint density at radius 1 is 1.19 bits per heavy atom. The van der Waals surface area contributed by atoms with E-state index in [4.69, 9.17) is 0 Å². The van der Waals surface area contributed by atoms with Gasteiger partial charge in [0.2, 0.25) is 0 Å². The largest absolute Gasteiger partial charge is 0.469 e. The van der Waals surface area contributed by atoms with Gasteiger partial charge in [0.25, 0.3) is 5.69 Å². The van der Waals surface area contributed by atoms with Gasteiger partial charge in [-0.15, -0.1) is 0 Å². The number of nitro groups is 1. The molecular weight excluding hydrogens is 348 g/mol. The van der Waals surface area contributed by atoms with Gasteiger partial charge in [0.15, 0.2) is 0 Å². The minimum Gasteiger partial charge on any atom is -0.469 e. The van der Waals surface area contributed by atoms with Crippen molar-refractivity contribution in [2.75, 3.05) is 12.4 Å². The smallest absolute Gasteiger partial charge is 0.305 e. The maximum absolute atomic E-state index is 12.9. The number of unbranched alkanes of at least 4 members (excludes halogenated alkanes) is 1. The van der Waals surface area contributed by atoms with Gasteiger partial charge < -0.3 is 10.1 Å². The molecule has 4 atom stereocenters. The molecule has 146 valence electrons. The van der Waals surface area contributed by atoms with E-state index in [1.165, 1.54) is 13.2 Å². The molecule has 2 saturated carbocycles. The van der Waals surface area contributed by atoms with Crippen molar-refractivity contribution in [3.63, 3.8) is 0 Å². The maximum Gasteiger partial charge on any atom is 0.305 e. The van der Waals surface area contributed by atoms with Gasteiger partial charge in [0, 0.05) is 30.9 Å². The predicted octanol–water partition coefficient (Wildman–Crippen LogP) is 3.72. The van der Waals surface area contributed by atoms with Gasteiger partial charge in [-0.25, -0.2) is 0 Å². The zero-order chi connectivity index (χ0) is 19.4. The standard InChI is InChI=1S/C20H26N2O5/c1-27-18(24)9-5-4-8-17(23)19-13-10-11-14(12-13)20(19)21-15-6-2-3-7-16(15)22(25)26/h2-3,6-7,13-14,19-21H,4-5,8-12H2,1H3/t13-,14+,19+,20-/m0/s1. The van der Waals surface area contributed by atoms with Crippen molar-refractivity contribution in [2.24, 2.45) is 17.8 Å². The fourth-order valence-corrected chi connectivity index (χ4v) is 4.73. The van der Waals surface area contributed by atoms with Crippen LogP contribution in [0.2, 0.25) is 0 Å². The molecule has 2 bridgehead atoms. The number of Topliss-reactive ketones (excluding diaryl/α,β-unsaturated/α-hetero) is 1. The summed E-state index contributed by atoms with van der Waals surface area (Å²) >= 11 is 0. The lowest BCUT2D eigenvalue weighted by Gasteiger charge is -2.31. The van der Waals surface area contributed by atoms with Crippen molar-refractivity contribution in [2.45, 2.75) is 51.0 Å². The van der Waals surface area contributed by atoms with E-state index in [0.717, 1.165) is 19.3 Å². The summed E-state index contributed by atoms with van der Waals surface area (Å²) in [6, 6.07) is 6.57. The second kappa shape index (κ2) is 8.50. The molecule has 0 spiro atoms. The van der Waals surface area contributed by atoms with Crippen LogP contribution in [-0.2, 0) is 14.3 Å². The molecule has 0 heterocycles. The van der Waals surface area contributed by atoms with Crippen molar-refractivity contribution < 1.29 is 19.2 Å². The second-order valence-electron chi connectivity index (χ2n) is 7.55. The molecule has 0 radical (unpaired) electrons. The van der Waals surface area contributed by atoms with E-state index < -0.39 is 0 Å². The number of ketones is 1. The number of rotatable bonds is 9. The number of para-hydroxylation sites is 2. The molecule has 2 aliphatic carbocycles. The minimum atomic E-state index is -0.390. The zero-order valence-electron chi connectivity index (χ0n) is 15.6. The molecule has 0 aromatic heterocycles. The Hall–Kier alpha value is -2.44. The SMILES string of the molecule is COC(=O)CCCCC(=O)[C@H]1[C@H]2CC[C@H](C2)[C@@H]1Nc1ccccc1[N+](=O)[O-]. The van der Waals surface area contributed by atoms with Crippen molar-refractivity contribution in [1.82, 2.24) is 0 Å². The molecule has 7 nitrogen and oxygen atoms in total. The molecular formula is C20H26N2O5. The molecule has 2 fully saturated rings. The number of anilines is 1. The van der Waals surface area contributed by atoms with Crippen molar-refractivity contribution >= 4 is 23.1 Å². The van der Waals surface area contributed by atoms with Gasteiger partial charge in [-0.3, -0.25) is 19.7 Å². The fraction of sp³-hybridized carbons (Fsp3) is 0.600. The number of nitro benzene ring substituents is 1. The summed E-state index contributed by atoms with van der Waals surface area (Å²) in [7, 11) is 1.36. The van der Waals surface area contributed by atoms with E-state index in [1.54, 1.807) is 18.2 Å². The number of hydrogen-bond donors (Lipinski definition) is 1. The van der Waals surface area contributed by atoms with Gasteiger partial charge in [-0.1, -0.05) is 12.1 Å². The van der Waals surface area contributed by atoms with Crippen LogP contribution in [0.15, 0.2) is 24.3 Å². The van der Waals surface area contributed by atoms with E-state index in [9.17, 15) is 19.7 Å². The first-order chi connectivity index (χ1) is 13.0. The highest BCUT2D eigenvalue weighted by atomic mass is 16.6. The van der Waals surface area contributed by atoms with Crippen LogP contribution in [0.4, 0.5) is 11.4 Å². The van der Waals surface area contributed by atoms with E-state index >= 15 is 0 Å². The topological polar surface area (TPSA) is 98.5 Å². The van der Waals surface area contributed by atoms with E-state index in [0.29, 0.717) is 43.2 Å². The minimum absolute atomic E-state index is 0.0436. The number of hydrogen-bond acceptors (Lipinski definition) is 6. The Labute approximate surface area is 158 Å². The maximum atomic E-state index is 12.9. The predicted molar refractivity (Wildman–Crippen MR) is 100 cm³/mol. The van der Waals surface area contributed by atoms with Gasteiger partial charge in [-0.05, 0) is 50.0 Å². The molecule has 0 amide bonds. The van der Waals surface area contributed by atoms with Crippen LogP contribution >= 0.6 is 0 Å². The zero-order valence-corrected chi connectivity index (χ0v) is 15.6. The molecule has 0 saturated heterocycles. The first-order valence-corrected chi connectivity index (χ1v) is 9.60. The Morgan fingerprint density at radius 3 is 2.63 bits per heavy atom. The summed E-state index contributed by atoms with van der Waals surface area (Å²) in [4.78, 5) is 35.0. The van der Waals surface area contributed by atoms with Gasteiger partial charge >= 0.3 is 5.97 Å². The average molecular weight is 374 g/mol. The number of carbonyl (C=O) groups is 2. The first kappa shape index (κ1) is 19.3. The van der Waals surface area contributed by atoms with Crippen LogP contribution in [0.3, 0.4) is 0 Å². The summed E-state index contributed by atoms with van der Waals surface area (Å²) in [5.41, 5.74) is 0.535. The van der Waals surface area contributed by atoms with Crippen LogP contribution < -0.4 is 5.32 Å². The van der Waals surface area contributed by atoms with E-state index in [2.05, 4.69) is 10.1 Å². The van der Waals surface area contributed by atoms with Crippen molar-refractivity contribution in [3.05, 3.63) is 34.4 Å². The molecule has 27 heavy (non-hydrogen) atoms. The third kappa shape index (κ3) is 4.28. The number of nitrogens with one attached hydrogen (secondary N) is 1. The van der Waals surface area contributed by atoms with Crippen LogP contribution in [-0.4, -0.2) is 29.8 Å². The summed E-state index contributed by atoms with van der Waals surface area (Å²) in [5, 5.41) is 14.6. The van der Waals surface area contributed by atoms with Crippen LogP contribution in [0.5, 0.6) is 0 Å². The number of nitrogens with zero attached hydrogens (tertiary/aromatic N) is 1. The van der Waals surface area contributed by atoms with Gasteiger partial charge in [0.05, 0.1) is 12.0 Å². The Balaban J connectivity index is 1.65. The number of fused-ring (bicyclic) bond motifs is 2. The van der Waals surface area contributed by atoms with Crippen LogP contribution in [0.25, 0.3) is 0 Å². The molecule has 3 rings (SSSR count). The number of carbonyl (C=O) groups excluding carboxylic acids is 2. The number of esters is 1. The summed E-state index contributed by atoms with van der Waals surface area (Å²) < 4.78 is 4.62. The van der Waals surface area contributed by atoms with Gasteiger partial charge in [-0.2, -0.15) is 0 Å². The van der Waals surface area contributed by atoms with E-state index in [-0.39, 0.29) is 34.3 Å². The highest BCUT2D eigenvalue weighted by molar-refractivity contribution is 5.83. The lowest BCUT2D eigenvalue weighted by atomic mass is 9.80. The van der Waals surface area contributed by atoms with Crippen LogP contribution in [0.1, 0.15) is 44.9 Å². The molecule has 1 aromatic rings. The van der Waals surface area contributed by atoms with Crippen molar-refractivity contribution in [3.8, 4) is 0 Å². The molecule has 2 aliphatic rings. The molecule has 0 aliphatic heterocycles. The third-order valence-electron chi connectivity index (χ3n) is 5.99. The summed E-state index contributed by atoms with van der Waals surface area (Å²) in [6.07, 6.45) is 5.21. The van der Waals surface area contributed by atoms with Gasteiger partial charge in [0.1, 0.15) is 11.5 Å². The monoisotopic (exact) mass is 374 g/mol. The number of methoxy groups -OCH3 is 1. The fourth-order valence-electron chi connectivity index (χ4n) is 4.73. The average Bonchev–Trinajstić information content (AvgIpc) is 3.26. The lowest BCUT2D eigenvalue weighted by Crippen LogP contribution is -2.39. The summed E-state index contributed by atoms with van der Waals surface area (Å²) in [6.45, 7) is 0. The van der Waals surface area contributed by atoms with Crippen molar-refractivity contribution in [1.29, 1.82) is 0 Å².